The maximum absolute atomic E-state index is 11.9. The molecule has 0 saturated carbocycles. The lowest BCUT2D eigenvalue weighted by Crippen LogP contribution is -2.59. The van der Waals surface area contributed by atoms with Gasteiger partial charge in [0.25, 0.3) is 0 Å². The zero-order valence-electron chi connectivity index (χ0n) is 12.6. The molecule has 0 bridgehead atoms. The smallest absolute Gasteiger partial charge is 0.410 e. The van der Waals surface area contributed by atoms with E-state index in [-0.39, 0.29) is 6.09 Å². The highest BCUT2D eigenvalue weighted by atomic mass is 16.6. The first kappa shape index (κ1) is 14.6. The number of carbonyl (C=O) groups excluding carboxylic acids is 1. The number of nitrogens with one attached hydrogen (secondary N) is 1. The zero-order chi connectivity index (χ0) is 15.4. The Morgan fingerprint density at radius 1 is 1.32 bits per heavy atom. The van der Waals surface area contributed by atoms with Gasteiger partial charge in [-0.3, -0.25) is 4.68 Å². The van der Waals surface area contributed by atoms with Crippen molar-refractivity contribution in [3.8, 4) is 0 Å². The highest BCUT2D eigenvalue weighted by Gasteiger charge is 2.31. The van der Waals surface area contributed by atoms with Crippen LogP contribution in [0.3, 0.4) is 0 Å². The van der Waals surface area contributed by atoms with Crippen LogP contribution in [0, 0.1) is 0 Å². The van der Waals surface area contributed by atoms with Crippen molar-refractivity contribution in [2.75, 3.05) is 13.1 Å². The molecule has 1 amide bonds. The van der Waals surface area contributed by atoms with Gasteiger partial charge in [0.1, 0.15) is 6.61 Å². The normalized spacial score (nSPS) is 14.7. The van der Waals surface area contributed by atoms with Crippen LogP contribution in [0.5, 0.6) is 0 Å². The van der Waals surface area contributed by atoms with Crippen molar-refractivity contribution in [2.24, 2.45) is 7.05 Å². The van der Waals surface area contributed by atoms with Gasteiger partial charge in [0, 0.05) is 44.5 Å². The lowest BCUT2D eigenvalue weighted by molar-refractivity contribution is 0.0600. The summed E-state index contributed by atoms with van der Waals surface area (Å²) in [6, 6.07) is 10.0. The summed E-state index contributed by atoms with van der Waals surface area (Å²) < 4.78 is 7.08. The molecule has 2 heterocycles. The van der Waals surface area contributed by atoms with Crippen molar-refractivity contribution >= 4 is 6.09 Å². The fourth-order valence-corrected chi connectivity index (χ4v) is 2.39. The Morgan fingerprint density at radius 3 is 2.77 bits per heavy atom. The Bertz CT molecular complexity index is 620. The van der Waals surface area contributed by atoms with Crippen molar-refractivity contribution in [2.45, 2.75) is 19.2 Å². The summed E-state index contributed by atoms with van der Waals surface area (Å²) in [5.41, 5.74) is 2.15. The number of hydrogen-bond donors (Lipinski definition) is 1. The van der Waals surface area contributed by atoms with Crippen LogP contribution in [0.25, 0.3) is 0 Å². The predicted molar refractivity (Wildman–Crippen MR) is 82.0 cm³/mol. The minimum atomic E-state index is -0.247. The van der Waals surface area contributed by atoms with Crippen LogP contribution in [0.1, 0.15) is 11.1 Å². The number of amides is 1. The van der Waals surface area contributed by atoms with Crippen molar-refractivity contribution in [3.05, 3.63) is 53.9 Å². The van der Waals surface area contributed by atoms with Gasteiger partial charge in [0.05, 0.1) is 6.20 Å². The molecule has 0 atom stereocenters. The minimum absolute atomic E-state index is 0.247. The third kappa shape index (κ3) is 3.65. The molecule has 1 aliphatic heterocycles. The van der Waals surface area contributed by atoms with E-state index >= 15 is 0 Å². The first-order valence-corrected chi connectivity index (χ1v) is 7.37. The summed E-state index contributed by atoms with van der Waals surface area (Å²) in [7, 11) is 1.90. The van der Waals surface area contributed by atoms with Gasteiger partial charge in [-0.1, -0.05) is 30.3 Å². The van der Waals surface area contributed by atoms with Crippen LogP contribution in [0.4, 0.5) is 4.79 Å². The van der Waals surface area contributed by atoms with Gasteiger partial charge in [0.2, 0.25) is 0 Å². The monoisotopic (exact) mass is 300 g/mol. The number of hydrogen-bond acceptors (Lipinski definition) is 4. The maximum atomic E-state index is 11.9. The van der Waals surface area contributed by atoms with Crippen molar-refractivity contribution in [1.82, 2.24) is 20.0 Å². The van der Waals surface area contributed by atoms with Crippen molar-refractivity contribution in [3.63, 3.8) is 0 Å². The van der Waals surface area contributed by atoms with Gasteiger partial charge in [0.15, 0.2) is 0 Å². The second-order valence-electron chi connectivity index (χ2n) is 5.55. The van der Waals surface area contributed by atoms with E-state index in [4.69, 9.17) is 4.74 Å². The van der Waals surface area contributed by atoms with Crippen LogP contribution < -0.4 is 5.32 Å². The quantitative estimate of drug-likeness (QED) is 0.910. The topological polar surface area (TPSA) is 59.4 Å². The van der Waals surface area contributed by atoms with E-state index in [1.165, 1.54) is 0 Å². The number of nitrogens with zero attached hydrogens (tertiary/aromatic N) is 3. The Kier molecular flexibility index (Phi) is 4.39. The summed E-state index contributed by atoms with van der Waals surface area (Å²) in [6.45, 7) is 2.47. The molecule has 1 aromatic heterocycles. The molecule has 1 N–H and O–H groups in total. The van der Waals surface area contributed by atoms with Gasteiger partial charge in [-0.2, -0.15) is 5.10 Å². The highest BCUT2D eigenvalue weighted by Crippen LogP contribution is 2.12. The molecule has 22 heavy (non-hydrogen) atoms. The molecule has 6 heteroatoms. The van der Waals surface area contributed by atoms with Crippen LogP contribution in [0.2, 0.25) is 0 Å². The molecular formula is C16H20N4O2. The number of likely N-dealkylation sites (tertiary alicyclic amines) is 1. The Balaban J connectivity index is 1.35. The van der Waals surface area contributed by atoms with E-state index in [2.05, 4.69) is 10.4 Å². The van der Waals surface area contributed by atoms with Crippen LogP contribution >= 0.6 is 0 Å². The SMILES string of the molecule is Cn1cc(CNC2CN(C(=O)OCc3ccccc3)C2)cn1. The molecule has 116 valence electrons. The molecule has 2 aromatic rings. The predicted octanol–water partition coefficient (Wildman–Crippen LogP) is 1.53. The molecular weight excluding hydrogens is 280 g/mol. The number of rotatable bonds is 5. The molecule has 6 nitrogen and oxygen atoms in total. The number of aryl methyl sites for hydroxylation is 1. The Labute approximate surface area is 129 Å². The highest BCUT2D eigenvalue weighted by molar-refractivity contribution is 5.68. The second-order valence-corrected chi connectivity index (χ2v) is 5.55. The van der Waals surface area contributed by atoms with Crippen LogP contribution in [-0.2, 0) is 24.9 Å². The van der Waals surface area contributed by atoms with Gasteiger partial charge < -0.3 is 15.0 Å². The lowest BCUT2D eigenvalue weighted by Gasteiger charge is -2.38. The molecule has 1 saturated heterocycles. The number of aromatic nitrogens is 2. The molecule has 0 aliphatic carbocycles. The number of benzene rings is 1. The van der Waals surface area contributed by atoms with Crippen LogP contribution in [0.15, 0.2) is 42.7 Å². The molecule has 0 spiro atoms. The fraction of sp³-hybridized carbons (Fsp3) is 0.375. The molecule has 0 radical (unpaired) electrons. The van der Waals surface area contributed by atoms with E-state index in [0.29, 0.717) is 25.7 Å². The largest absolute Gasteiger partial charge is 0.445 e. The van der Waals surface area contributed by atoms with E-state index in [1.807, 2.05) is 49.8 Å². The summed E-state index contributed by atoms with van der Waals surface area (Å²) in [5, 5.41) is 7.53. The van der Waals surface area contributed by atoms with Gasteiger partial charge >= 0.3 is 6.09 Å². The van der Waals surface area contributed by atoms with Crippen molar-refractivity contribution in [1.29, 1.82) is 0 Å². The summed E-state index contributed by atoms with van der Waals surface area (Å²) in [4.78, 5) is 13.6. The average molecular weight is 300 g/mol. The maximum Gasteiger partial charge on any atom is 0.410 e. The lowest BCUT2D eigenvalue weighted by atomic mass is 10.1. The fourth-order valence-electron chi connectivity index (χ4n) is 2.39. The van der Waals surface area contributed by atoms with Crippen LogP contribution in [-0.4, -0.2) is 39.9 Å². The van der Waals surface area contributed by atoms with Crippen molar-refractivity contribution < 1.29 is 9.53 Å². The zero-order valence-corrected chi connectivity index (χ0v) is 12.6. The third-order valence-corrected chi connectivity index (χ3v) is 3.70. The Hall–Kier alpha value is -2.34. The summed E-state index contributed by atoms with van der Waals surface area (Å²) in [6.07, 6.45) is 3.58. The molecule has 0 unspecified atom stereocenters. The molecule has 1 aromatic carbocycles. The first-order valence-electron chi connectivity index (χ1n) is 7.37. The molecule has 1 fully saturated rings. The first-order chi connectivity index (χ1) is 10.7. The van der Waals surface area contributed by atoms with E-state index in [9.17, 15) is 4.79 Å². The molecule has 1 aliphatic rings. The Morgan fingerprint density at radius 2 is 2.09 bits per heavy atom. The average Bonchev–Trinajstić information content (AvgIpc) is 2.90. The summed E-state index contributed by atoms with van der Waals surface area (Å²) in [5.74, 6) is 0. The van der Waals surface area contributed by atoms with E-state index in [0.717, 1.165) is 17.7 Å². The third-order valence-electron chi connectivity index (χ3n) is 3.70. The van der Waals surface area contributed by atoms with E-state index in [1.54, 1.807) is 9.58 Å². The van der Waals surface area contributed by atoms with Gasteiger partial charge in [-0.25, -0.2) is 4.79 Å². The standard InChI is InChI=1S/C16H20N4O2/c1-19-9-14(8-18-19)7-17-15-10-20(11-15)16(21)22-12-13-5-3-2-4-6-13/h2-6,8-9,15,17H,7,10-12H2,1H3. The summed E-state index contributed by atoms with van der Waals surface area (Å²) >= 11 is 0. The van der Waals surface area contributed by atoms with Gasteiger partial charge in [-0.15, -0.1) is 0 Å². The van der Waals surface area contributed by atoms with E-state index < -0.39 is 0 Å². The second kappa shape index (κ2) is 6.62. The van der Waals surface area contributed by atoms with Gasteiger partial charge in [-0.05, 0) is 5.56 Å². The minimum Gasteiger partial charge on any atom is -0.445 e. The number of carbonyl (C=O) groups is 1. The number of ether oxygens (including phenoxy) is 1. The molecule has 3 rings (SSSR count).